The lowest BCUT2D eigenvalue weighted by Gasteiger charge is -1.54. The van der Waals surface area contributed by atoms with Gasteiger partial charge in [-0.25, -0.2) is 0 Å². The molecule has 1 atom stereocenters. The highest BCUT2D eigenvalue weighted by Gasteiger charge is 2.16. The number of aliphatic hydroxyl groups excluding tert-OH is 1. The van der Waals surface area contributed by atoms with Crippen LogP contribution in [0.4, 0.5) is 0 Å². The molecule has 0 aromatic rings. The van der Waals surface area contributed by atoms with Gasteiger partial charge in [-0.2, -0.15) is 0 Å². The zero-order valence-electron chi connectivity index (χ0n) is 2.14. The molecule has 0 aromatic heterocycles. The van der Waals surface area contributed by atoms with Crippen molar-refractivity contribution in [1.82, 2.24) is 0 Å². The molecule has 1 heterocycles. The fourth-order valence-electron chi connectivity index (χ4n) is 0.0430. The molecule has 24 valence electrons. The topological polar surface area (TPSA) is 32.8 Å². The van der Waals surface area contributed by atoms with Crippen molar-refractivity contribution in [3.05, 3.63) is 0 Å². The molecule has 0 amide bonds. The van der Waals surface area contributed by atoms with Crippen molar-refractivity contribution in [1.29, 1.82) is 0 Å². The van der Waals surface area contributed by atoms with Gasteiger partial charge in [0.15, 0.2) is 6.29 Å². The lowest BCUT2D eigenvalue weighted by molar-refractivity contribution is 0.156. The first-order chi connectivity index (χ1) is 1.89. The third-order valence-electron chi connectivity index (χ3n) is 0.316. The number of epoxide rings is 1. The van der Waals surface area contributed by atoms with Gasteiger partial charge < -0.3 is 9.84 Å². The summed E-state index contributed by atoms with van der Waals surface area (Å²) < 4.78 is 4.26. The monoisotopic (exact) mass is 60.0 g/mol. The van der Waals surface area contributed by atoms with Gasteiger partial charge in [0.05, 0.1) is 0 Å². The first kappa shape index (κ1) is 2.18. The predicted octanol–water partition coefficient (Wildman–Crippen LogP) is -0.665. The van der Waals surface area contributed by atoms with E-state index in [2.05, 4.69) is 4.74 Å². The van der Waals surface area contributed by atoms with E-state index in [1.165, 1.54) is 0 Å². The SMILES string of the molecule is O[C@H]1CO1. The van der Waals surface area contributed by atoms with Gasteiger partial charge in [-0.15, -0.1) is 0 Å². The summed E-state index contributed by atoms with van der Waals surface area (Å²) in [5.41, 5.74) is 0. The largest absolute Gasteiger partial charge is 0.366 e. The Bertz CT molecular complexity index is 23.2. The smallest absolute Gasteiger partial charge is 0.178 e. The standard InChI is InChI=1S/C2H4O2/c3-2-1-4-2/h2-3H,1H2/t2-/m1/s1. The zero-order valence-corrected chi connectivity index (χ0v) is 2.14. The molecule has 0 aromatic carbocycles. The van der Waals surface area contributed by atoms with Gasteiger partial charge in [-0.3, -0.25) is 0 Å². The number of aliphatic hydroxyl groups is 1. The normalized spacial score (nSPS) is 39.8. The van der Waals surface area contributed by atoms with Crippen LogP contribution in [0.1, 0.15) is 0 Å². The Kier molecular flexibility index (Phi) is 0.242. The first-order valence-electron chi connectivity index (χ1n) is 1.19. The van der Waals surface area contributed by atoms with Gasteiger partial charge in [0.2, 0.25) is 0 Å². The second kappa shape index (κ2) is 0.445. The summed E-state index contributed by atoms with van der Waals surface area (Å²) >= 11 is 0. The molecule has 1 fully saturated rings. The maximum Gasteiger partial charge on any atom is 0.178 e. The van der Waals surface area contributed by atoms with E-state index in [-0.39, 0.29) is 0 Å². The van der Waals surface area contributed by atoms with E-state index in [0.29, 0.717) is 6.61 Å². The van der Waals surface area contributed by atoms with Crippen LogP contribution in [-0.4, -0.2) is 18.0 Å². The molecule has 0 spiro atoms. The van der Waals surface area contributed by atoms with Crippen LogP contribution in [0, 0.1) is 0 Å². The van der Waals surface area contributed by atoms with Crippen molar-refractivity contribution in [3.63, 3.8) is 0 Å². The lowest BCUT2D eigenvalue weighted by Crippen LogP contribution is -1.70. The minimum absolute atomic E-state index is 0.417. The molecule has 2 nitrogen and oxygen atoms in total. The molecule has 0 radical (unpaired) electrons. The molecular formula is C2H4O2. The Morgan fingerprint density at radius 1 is 2.00 bits per heavy atom. The summed E-state index contributed by atoms with van der Waals surface area (Å²) in [6, 6.07) is 0. The second-order valence-electron chi connectivity index (χ2n) is 0.788. The van der Waals surface area contributed by atoms with E-state index >= 15 is 0 Å². The van der Waals surface area contributed by atoms with E-state index in [1.54, 1.807) is 0 Å². The van der Waals surface area contributed by atoms with E-state index < -0.39 is 6.29 Å². The molecular weight excluding hydrogens is 56.0 g/mol. The molecule has 1 aliphatic rings. The Morgan fingerprint density at radius 2 is 2.25 bits per heavy atom. The Hall–Kier alpha value is -0.0800. The van der Waals surface area contributed by atoms with Gasteiger partial charge in [0, 0.05) is 0 Å². The van der Waals surface area contributed by atoms with E-state index in [1.807, 2.05) is 0 Å². The average Bonchev–Trinajstić information content (AvgIpc) is 1.75. The van der Waals surface area contributed by atoms with Crippen LogP contribution in [0.15, 0.2) is 0 Å². The third-order valence-corrected chi connectivity index (χ3v) is 0.316. The van der Waals surface area contributed by atoms with Crippen molar-refractivity contribution in [2.45, 2.75) is 6.29 Å². The molecule has 1 N–H and O–H groups in total. The van der Waals surface area contributed by atoms with E-state index in [9.17, 15) is 0 Å². The van der Waals surface area contributed by atoms with Gasteiger partial charge in [0.1, 0.15) is 6.61 Å². The summed E-state index contributed by atoms with van der Waals surface area (Å²) in [4.78, 5) is 0. The van der Waals surface area contributed by atoms with Gasteiger partial charge in [-0.05, 0) is 0 Å². The second-order valence-corrected chi connectivity index (χ2v) is 0.788. The molecule has 1 saturated heterocycles. The first-order valence-corrected chi connectivity index (χ1v) is 1.19. The molecule has 4 heavy (non-hydrogen) atoms. The van der Waals surface area contributed by atoms with Crippen molar-refractivity contribution in [2.75, 3.05) is 6.61 Å². The summed E-state index contributed by atoms with van der Waals surface area (Å²) in [6.07, 6.45) is -0.417. The number of hydrogen-bond acceptors (Lipinski definition) is 2. The van der Waals surface area contributed by atoms with Crippen LogP contribution < -0.4 is 0 Å². The molecule has 0 bridgehead atoms. The highest BCUT2D eigenvalue weighted by molar-refractivity contribution is 4.48. The van der Waals surface area contributed by atoms with Crippen molar-refractivity contribution >= 4 is 0 Å². The quantitative estimate of drug-likeness (QED) is 0.376. The maximum absolute atomic E-state index is 7.94. The van der Waals surface area contributed by atoms with Crippen molar-refractivity contribution in [2.24, 2.45) is 0 Å². The average molecular weight is 60.1 g/mol. The summed E-state index contributed by atoms with van der Waals surface area (Å²) in [5.74, 6) is 0. The molecule has 0 saturated carbocycles. The number of rotatable bonds is 0. The predicted molar refractivity (Wildman–Crippen MR) is 12.0 cm³/mol. The van der Waals surface area contributed by atoms with Crippen LogP contribution >= 0.6 is 0 Å². The van der Waals surface area contributed by atoms with Crippen LogP contribution in [0.2, 0.25) is 0 Å². The van der Waals surface area contributed by atoms with Crippen molar-refractivity contribution < 1.29 is 9.84 Å². The van der Waals surface area contributed by atoms with E-state index in [4.69, 9.17) is 5.11 Å². The molecule has 0 aliphatic carbocycles. The summed E-state index contributed by atoms with van der Waals surface area (Å²) in [7, 11) is 0. The zero-order chi connectivity index (χ0) is 2.99. The minimum atomic E-state index is -0.417. The van der Waals surface area contributed by atoms with Crippen LogP contribution in [0.25, 0.3) is 0 Å². The van der Waals surface area contributed by atoms with E-state index in [0.717, 1.165) is 0 Å². The van der Waals surface area contributed by atoms with Gasteiger partial charge >= 0.3 is 0 Å². The third kappa shape index (κ3) is 0.191. The Labute approximate surface area is 24.0 Å². The summed E-state index contributed by atoms with van der Waals surface area (Å²) in [5, 5.41) is 7.94. The van der Waals surface area contributed by atoms with Crippen molar-refractivity contribution in [3.8, 4) is 0 Å². The van der Waals surface area contributed by atoms with Gasteiger partial charge in [-0.1, -0.05) is 0 Å². The minimum Gasteiger partial charge on any atom is -0.366 e. The summed E-state index contributed by atoms with van der Waals surface area (Å²) in [6.45, 7) is 0.542. The molecule has 2 heteroatoms. The number of hydrogen-bond donors (Lipinski definition) is 1. The van der Waals surface area contributed by atoms with Crippen LogP contribution in [0.3, 0.4) is 0 Å². The van der Waals surface area contributed by atoms with Gasteiger partial charge in [0.25, 0.3) is 0 Å². The maximum atomic E-state index is 7.94. The lowest BCUT2D eigenvalue weighted by atomic mass is 10.9. The highest BCUT2D eigenvalue weighted by atomic mass is 16.7. The molecule has 1 aliphatic heterocycles. The molecule has 1 rings (SSSR count). The fraction of sp³-hybridized carbons (Fsp3) is 1.00. The Balaban J connectivity index is 2.17. The fourth-order valence-corrected chi connectivity index (χ4v) is 0.0430. The highest BCUT2D eigenvalue weighted by Crippen LogP contribution is 2.00. The Morgan fingerprint density at radius 3 is 2.25 bits per heavy atom. The molecule has 0 unspecified atom stereocenters. The number of ether oxygens (including phenoxy) is 1. The van der Waals surface area contributed by atoms with Crippen LogP contribution in [-0.2, 0) is 4.74 Å². The van der Waals surface area contributed by atoms with Crippen LogP contribution in [0.5, 0.6) is 0 Å².